The average Bonchev–Trinajstić information content (AvgIpc) is 2.65. The fourth-order valence-electron chi connectivity index (χ4n) is 3.10. The van der Waals surface area contributed by atoms with Gasteiger partial charge in [0.15, 0.2) is 0 Å². The smallest absolute Gasteiger partial charge is 0.238 e. The van der Waals surface area contributed by atoms with E-state index in [1.807, 2.05) is 35.2 Å². The molecule has 1 heterocycles. The van der Waals surface area contributed by atoms with Crippen LogP contribution in [0.1, 0.15) is 12.8 Å². The van der Waals surface area contributed by atoms with Crippen LogP contribution in [0.4, 0.5) is 20.2 Å². The van der Waals surface area contributed by atoms with Crippen LogP contribution in [0.15, 0.2) is 48.5 Å². The molecule has 2 aromatic carbocycles. The molecule has 1 saturated heterocycles. The van der Waals surface area contributed by atoms with Gasteiger partial charge in [0.2, 0.25) is 11.8 Å². The van der Waals surface area contributed by atoms with Gasteiger partial charge in [-0.05, 0) is 50.2 Å². The molecule has 142 valence electrons. The second kappa shape index (κ2) is 8.73. The van der Waals surface area contributed by atoms with Crippen LogP contribution < -0.4 is 10.6 Å². The van der Waals surface area contributed by atoms with Crippen molar-refractivity contribution in [2.24, 2.45) is 5.92 Å². The molecule has 7 heteroatoms. The largest absolute Gasteiger partial charge is 0.326 e. The van der Waals surface area contributed by atoms with Gasteiger partial charge in [0, 0.05) is 17.7 Å². The number of carbonyl (C=O) groups is 2. The molecule has 0 bridgehead atoms. The van der Waals surface area contributed by atoms with E-state index in [2.05, 4.69) is 10.6 Å². The fourth-order valence-corrected chi connectivity index (χ4v) is 3.10. The van der Waals surface area contributed by atoms with E-state index in [1.54, 1.807) is 0 Å². The van der Waals surface area contributed by atoms with Crippen LogP contribution in [0.5, 0.6) is 0 Å². The lowest BCUT2D eigenvalue weighted by Crippen LogP contribution is -2.41. The molecule has 27 heavy (non-hydrogen) atoms. The lowest BCUT2D eigenvalue weighted by molar-refractivity contribution is -0.121. The van der Waals surface area contributed by atoms with Gasteiger partial charge in [0.25, 0.3) is 0 Å². The molecule has 1 aliphatic rings. The number of amides is 2. The van der Waals surface area contributed by atoms with Crippen LogP contribution in [-0.4, -0.2) is 36.3 Å². The fraction of sp³-hybridized carbons (Fsp3) is 0.300. The van der Waals surface area contributed by atoms with E-state index in [0.717, 1.165) is 17.8 Å². The molecule has 0 atom stereocenters. The number of piperidine rings is 1. The second-order valence-corrected chi connectivity index (χ2v) is 6.58. The number of nitrogens with zero attached hydrogens (tertiary/aromatic N) is 1. The summed E-state index contributed by atoms with van der Waals surface area (Å²) in [5.41, 5.74) is 0.726. The predicted molar refractivity (Wildman–Crippen MR) is 99.2 cm³/mol. The number of anilines is 2. The molecular formula is C20H21F2N3O2. The van der Waals surface area contributed by atoms with Crippen molar-refractivity contribution in [1.29, 1.82) is 0 Å². The number of benzene rings is 2. The Morgan fingerprint density at radius 3 is 2.37 bits per heavy atom. The summed E-state index contributed by atoms with van der Waals surface area (Å²) < 4.78 is 26.5. The third kappa shape index (κ3) is 5.34. The molecule has 2 N–H and O–H groups in total. The Balaban J connectivity index is 1.45. The highest BCUT2D eigenvalue weighted by atomic mass is 19.1. The summed E-state index contributed by atoms with van der Waals surface area (Å²) in [6.45, 7) is 1.31. The van der Waals surface area contributed by atoms with E-state index in [0.29, 0.717) is 25.9 Å². The Kier molecular flexibility index (Phi) is 6.13. The monoisotopic (exact) mass is 373 g/mol. The van der Waals surface area contributed by atoms with Crippen molar-refractivity contribution in [2.75, 3.05) is 30.3 Å². The molecule has 3 rings (SSSR count). The standard InChI is InChI=1S/C20H21F2N3O2/c21-15-6-7-18(17(22)12-15)24-19(26)13-25-10-8-14(9-11-25)20(27)23-16-4-2-1-3-5-16/h1-7,12,14H,8-11,13H2,(H,23,27)(H,24,26). The van der Waals surface area contributed by atoms with Crippen LogP contribution >= 0.6 is 0 Å². The first kappa shape index (κ1) is 19.0. The number of rotatable bonds is 5. The molecule has 1 fully saturated rings. The minimum Gasteiger partial charge on any atom is -0.326 e. The summed E-state index contributed by atoms with van der Waals surface area (Å²) in [6.07, 6.45) is 1.30. The van der Waals surface area contributed by atoms with Gasteiger partial charge < -0.3 is 10.6 Å². The Bertz CT molecular complexity index is 806. The van der Waals surface area contributed by atoms with Crippen LogP contribution in [-0.2, 0) is 9.59 Å². The van der Waals surface area contributed by atoms with E-state index in [9.17, 15) is 18.4 Å². The van der Waals surface area contributed by atoms with E-state index < -0.39 is 11.6 Å². The Morgan fingerprint density at radius 2 is 1.70 bits per heavy atom. The maximum Gasteiger partial charge on any atom is 0.238 e. The number of carbonyl (C=O) groups excluding carboxylic acids is 2. The summed E-state index contributed by atoms with van der Waals surface area (Å²) in [5, 5.41) is 5.35. The topological polar surface area (TPSA) is 61.4 Å². The summed E-state index contributed by atoms with van der Waals surface area (Å²) >= 11 is 0. The van der Waals surface area contributed by atoms with Crippen molar-refractivity contribution in [3.05, 3.63) is 60.2 Å². The first-order chi connectivity index (χ1) is 13.0. The van der Waals surface area contributed by atoms with Crippen molar-refractivity contribution in [2.45, 2.75) is 12.8 Å². The summed E-state index contributed by atoms with van der Waals surface area (Å²) in [4.78, 5) is 26.3. The lowest BCUT2D eigenvalue weighted by Gasteiger charge is -2.30. The van der Waals surface area contributed by atoms with Crippen LogP contribution in [0.3, 0.4) is 0 Å². The van der Waals surface area contributed by atoms with Crippen molar-refractivity contribution in [1.82, 2.24) is 4.90 Å². The van der Waals surface area contributed by atoms with Gasteiger partial charge in [-0.15, -0.1) is 0 Å². The maximum atomic E-state index is 13.6. The van der Waals surface area contributed by atoms with Crippen molar-refractivity contribution in [3.63, 3.8) is 0 Å². The highest BCUT2D eigenvalue weighted by Crippen LogP contribution is 2.20. The Morgan fingerprint density at radius 1 is 1.00 bits per heavy atom. The highest BCUT2D eigenvalue weighted by Gasteiger charge is 2.26. The number of hydrogen-bond donors (Lipinski definition) is 2. The molecule has 0 spiro atoms. The summed E-state index contributed by atoms with van der Waals surface area (Å²) in [7, 11) is 0. The van der Waals surface area contributed by atoms with E-state index >= 15 is 0 Å². The van der Waals surface area contributed by atoms with Gasteiger partial charge in [-0.25, -0.2) is 8.78 Å². The zero-order chi connectivity index (χ0) is 19.2. The number of likely N-dealkylation sites (tertiary alicyclic amines) is 1. The number of nitrogens with one attached hydrogen (secondary N) is 2. The van der Waals surface area contributed by atoms with Gasteiger partial charge in [0.05, 0.1) is 12.2 Å². The van der Waals surface area contributed by atoms with Crippen molar-refractivity contribution < 1.29 is 18.4 Å². The lowest BCUT2D eigenvalue weighted by atomic mass is 9.96. The van der Waals surface area contributed by atoms with Crippen LogP contribution in [0.25, 0.3) is 0 Å². The zero-order valence-corrected chi connectivity index (χ0v) is 14.8. The first-order valence-corrected chi connectivity index (χ1v) is 8.84. The van der Waals surface area contributed by atoms with E-state index in [4.69, 9.17) is 0 Å². The second-order valence-electron chi connectivity index (χ2n) is 6.58. The van der Waals surface area contributed by atoms with Gasteiger partial charge in [-0.3, -0.25) is 14.5 Å². The molecule has 1 aliphatic heterocycles. The SMILES string of the molecule is O=C(CN1CCC(C(=O)Nc2ccccc2)CC1)Nc1ccc(F)cc1F. The molecule has 5 nitrogen and oxygen atoms in total. The highest BCUT2D eigenvalue weighted by molar-refractivity contribution is 5.93. The van der Waals surface area contributed by atoms with Crippen LogP contribution in [0, 0.1) is 17.6 Å². The van der Waals surface area contributed by atoms with E-state index in [-0.39, 0.29) is 30.0 Å². The summed E-state index contributed by atoms with van der Waals surface area (Å²) in [5.74, 6) is -1.98. The molecule has 2 aromatic rings. The molecule has 0 radical (unpaired) electrons. The normalized spacial score (nSPS) is 15.3. The number of para-hydroxylation sites is 1. The molecular weight excluding hydrogens is 352 g/mol. The van der Waals surface area contributed by atoms with E-state index in [1.165, 1.54) is 6.07 Å². The minimum absolute atomic E-state index is 0.0151. The van der Waals surface area contributed by atoms with Crippen LogP contribution in [0.2, 0.25) is 0 Å². The molecule has 2 amide bonds. The molecule has 0 saturated carbocycles. The van der Waals surface area contributed by atoms with Gasteiger partial charge in [-0.2, -0.15) is 0 Å². The maximum absolute atomic E-state index is 13.6. The molecule has 0 aliphatic carbocycles. The van der Waals surface area contributed by atoms with Crippen molar-refractivity contribution >= 4 is 23.2 Å². The third-order valence-corrected chi connectivity index (χ3v) is 4.57. The number of hydrogen-bond acceptors (Lipinski definition) is 3. The summed E-state index contributed by atoms with van der Waals surface area (Å²) in [6, 6.07) is 12.3. The van der Waals surface area contributed by atoms with Crippen molar-refractivity contribution in [3.8, 4) is 0 Å². The quantitative estimate of drug-likeness (QED) is 0.846. The third-order valence-electron chi connectivity index (χ3n) is 4.57. The van der Waals surface area contributed by atoms with Gasteiger partial charge in [0.1, 0.15) is 11.6 Å². The zero-order valence-electron chi connectivity index (χ0n) is 14.8. The Hall–Kier alpha value is -2.80. The minimum atomic E-state index is -0.806. The van der Waals surface area contributed by atoms with Gasteiger partial charge >= 0.3 is 0 Å². The predicted octanol–water partition coefficient (Wildman–Crippen LogP) is 3.25. The first-order valence-electron chi connectivity index (χ1n) is 8.84. The molecule has 0 unspecified atom stereocenters. The molecule has 0 aromatic heterocycles. The number of halogens is 2. The van der Waals surface area contributed by atoms with Gasteiger partial charge in [-0.1, -0.05) is 18.2 Å². The Labute approximate surface area is 156 Å². The average molecular weight is 373 g/mol.